The Morgan fingerprint density at radius 3 is 2.35 bits per heavy atom. The minimum absolute atomic E-state index is 0.0228. The number of hydrogen-bond donors (Lipinski definition) is 2. The second kappa shape index (κ2) is 7.15. The maximum Gasteiger partial charge on any atom is 0.241 e. The van der Waals surface area contributed by atoms with Crippen molar-refractivity contribution in [1.29, 1.82) is 0 Å². The third-order valence-electron chi connectivity index (χ3n) is 3.33. The first-order valence-electron chi connectivity index (χ1n) is 6.81. The predicted molar refractivity (Wildman–Crippen MR) is 78.6 cm³/mol. The first-order valence-corrected chi connectivity index (χ1v) is 8.29. The van der Waals surface area contributed by atoms with Crippen LogP contribution in [0.5, 0.6) is 0 Å². The van der Waals surface area contributed by atoms with Crippen LogP contribution in [0.2, 0.25) is 0 Å². The maximum atomic E-state index is 13.9. The molecule has 0 spiro atoms. The highest BCUT2D eigenvalue weighted by Crippen LogP contribution is 2.21. The largest absolute Gasteiger partial charge is 0.316 e. The van der Waals surface area contributed by atoms with E-state index in [2.05, 4.69) is 10.0 Å². The lowest BCUT2D eigenvalue weighted by Gasteiger charge is -2.17. The van der Waals surface area contributed by atoms with Gasteiger partial charge in [-0.05, 0) is 44.5 Å². The first-order chi connectivity index (χ1) is 9.35. The van der Waals surface area contributed by atoms with E-state index in [1.165, 1.54) is 19.1 Å². The third-order valence-corrected chi connectivity index (χ3v) is 4.98. The van der Waals surface area contributed by atoms with Crippen molar-refractivity contribution >= 4 is 10.0 Å². The smallest absolute Gasteiger partial charge is 0.241 e. The van der Waals surface area contributed by atoms with Gasteiger partial charge in [0.25, 0.3) is 0 Å². The van der Waals surface area contributed by atoms with Crippen LogP contribution < -0.4 is 10.0 Å². The van der Waals surface area contributed by atoms with Gasteiger partial charge < -0.3 is 5.32 Å². The van der Waals surface area contributed by atoms with Crippen LogP contribution in [0, 0.1) is 12.7 Å². The molecule has 2 N–H and O–H groups in total. The molecule has 1 aromatic rings. The average Bonchev–Trinajstić information content (AvgIpc) is 2.40. The lowest BCUT2D eigenvalue weighted by Crippen LogP contribution is -2.34. The Morgan fingerprint density at radius 1 is 1.25 bits per heavy atom. The standard InChI is InChI=1S/C14H23FN2O2S/c1-5-12(6-2)17-20(18,19)14-8-11(9-16-4)7-13(15)10(14)3/h7-8,12,16-17H,5-6,9H2,1-4H3. The first kappa shape index (κ1) is 17.1. The molecule has 114 valence electrons. The van der Waals surface area contributed by atoms with Crippen molar-refractivity contribution in [2.45, 2.75) is 51.1 Å². The van der Waals surface area contributed by atoms with Crippen molar-refractivity contribution in [3.8, 4) is 0 Å². The molecular formula is C14H23FN2O2S. The lowest BCUT2D eigenvalue weighted by atomic mass is 10.1. The Balaban J connectivity index is 3.22. The van der Waals surface area contributed by atoms with E-state index in [0.717, 1.165) is 0 Å². The van der Waals surface area contributed by atoms with Crippen molar-refractivity contribution in [1.82, 2.24) is 10.0 Å². The van der Waals surface area contributed by atoms with E-state index in [9.17, 15) is 12.8 Å². The summed E-state index contributed by atoms with van der Waals surface area (Å²) < 4.78 is 41.3. The third kappa shape index (κ3) is 4.01. The fourth-order valence-corrected chi connectivity index (χ4v) is 3.74. The van der Waals surface area contributed by atoms with Crippen LogP contribution in [0.25, 0.3) is 0 Å². The monoisotopic (exact) mass is 302 g/mol. The fraction of sp³-hybridized carbons (Fsp3) is 0.571. The highest BCUT2D eigenvalue weighted by atomic mass is 32.2. The summed E-state index contributed by atoms with van der Waals surface area (Å²) in [4.78, 5) is 0.0228. The van der Waals surface area contributed by atoms with E-state index in [4.69, 9.17) is 0 Å². The summed E-state index contributed by atoms with van der Waals surface area (Å²) in [6.07, 6.45) is 1.40. The van der Waals surface area contributed by atoms with E-state index < -0.39 is 15.8 Å². The molecule has 0 aliphatic rings. The van der Waals surface area contributed by atoms with E-state index >= 15 is 0 Å². The zero-order valence-corrected chi connectivity index (χ0v) is 13.3. The van der Waals surface area contributed by atoms with Gasteiger partial charge in [-0.15, -0.1) is 0 Å². The van der Waals surface area contributed by atoms with Crippen LogP contribution in [-0.4, -0.2) is 21.5 Å². The fourth-order valence-electron chi connectivity index (χ4n) is 2.03. The minimum atomic E-state index is -3.70. The second-order valence-corrected chi connectivity index (χ2v) is 6.55. The molecule has 0 saturated heterocycles. The molecule has 4 nitrogen and oxygen atoms in total. The maximum absolute atomic E-state index is 13.9. The number of halogens is 1. The Kier molecular flexibility index (Phi) is 6.10. The summed E-state index contributed by atoms with van der Waals surface area (Å²) in [5, 5.41) is 2.89. The Morgan fingerprint density at radius 2 is 1.85 bits per heavy atom. The molecular weight excluding hydrogens is 279 g/mol. The molecule has 20 heavy (non-hydrogen) atoms. The molecule has 0 radical (unpaired) electrons. The molecule has 0 bridgehead atoms. The molecule has 0 heterocycles. The molecule has 0 amide bonds. The second-order valence-electron chi connectivity index (χ2n) is 4.87. The van der Waals surface area contributed by atoms with Gasteiger partial charge in [-0.1, -0.05) is 13.8 Å². The molecule has 1 rings (SSSR count). The zero-order chi connectivity index (χ0) is 15.3. The van der Waals surface area contributed by atoms with Gasteiger partial charge in [0.1, 0.15) is 5.82 Å². The van der Waals surface area contributed by atoms with Gasteiger partial charge in [0.15, 0.2) is 0 Å². The number of benzene rings is 1. The van der Waals surface area contributed by atoms with E-state index in [-0.39, 0.29) is 16.5 Å². The van der Waals surface area contributed by atoms with Crippen molar-refractivity contribution in [3.63, 3.8) is 0 Å². The average molecular weight is 302 g/mol. The van der Waals surface area contributed by atoms with Gasteiger partial charge in [0.2, 0.25) is 10.0 Å². The molecule has 0 aliphatic carbocycles. The van der Waals surface area contributed by atoms with Crippen LogP contribution in [0.1, 0.15) is 37.8 Å². The van der Waals surface area contributed by atoms with Crippen molar-refractivity contribution in [3.05, 3.63) is 29.1 Å². The SMILES string of the molecule is CCC(CC)NS(=O)(=O)c1cc(CNC)cc(F)c1C. The predicted octanol–water partition coefficient (Wildman–Crippen LogP) is 2.32. The van der Waals surface area contributed by atoms with Gasteiger partial charge in [-0.25, -0.2) is 17.5 Å². The van der Waals surface area contributed by atoms with Gasteiger partial charge in [-0.2, -0.15) is 0 Å². The molecule has 6 heteroatoms. The molecule has 1 aromatic carbocycles. The molecule has 0 atom stereocenters. The lowest BCUT2D eigenvalue weighted by molar-refractivity contribution is 0.527. The summed E-state index contributed by atoms with van der Waals surface area (Å²) in [6, 6.07) is 2.76. The topological polar surface area (TPSA) is 58.2 Å². The van der Waals surface area contributed by atoms with Crippen molar-refractivity contribution < 1.29 is 12.8 Å². The Hall–Kier alpha value is -0.980. The van der Waals surface area contributed by atoms with Gasteiger partial charge >= 0.3 is 0 Å². The van der Waals surface area contributed by atoms with Gasteiger partial charge in [0, 0.05) is 18.2 Å². The summed E-state index contributed by atoms with van der Waals surface area (Å²) in [5.41, 5.74) is 0.767. The number of sulfonamides is 1. The van der Waals surface area contributed by atoms with E-state index in [1.807, 2.05) is 13.8 Å². The highest BCUT2D eigenvalue weighted by molar-refractivity contribution is 7.89. The molecule has 0 saturated carbocycles. The number of rotatable bonds is 7. The van der Waals surface area contributed by atoms with Crippen LogP contribution in [-0.2, 0) is 16.6 Å². The normalized spacial score (nSPS) is 12.1. The van der Waals surface area contributed by atoms with Gasteiger partial charge in [-0.3, -0.25) is 0 Å². The van der Waals surface area contributed by atoms with Crippen molar-refractivity contribution in [2.75, 3.05) is 7.05 Å². The van der Waals surface area contributed by atoms with Crippen LogP contribution in [0.3, 0.4) is 0 Å². The highest BCUT2D eigenvalue weighted by Gasteiger charge is 2.22. The summed E-state index contributed by atoms with van der Waals surface area (Å²) >= 11 is 0. The molecule has 0 aliphatic heterocycles. The Labute approximate surface area is 120 Å². The van der Waals surface area contributed by atoms with E-state index in [1.54, 1.807) is 7.05 Å². The van der Waals surface area contributed by atoms with Crippen LogP contribution in [0.15, 0.2) is 17.0 Å². The number of nitrogens with one attached hydrogen (secondary N) is 2. The summed E-state index contributed by atoms with van der Waals surface area (Å²) in [5.74, 6) is -0.498. The Bertz CT molecular complexity index is 555. The number of hydrogen-bond acceptors (Lipinski definition) is 3. The van der Waals surface area contributed by atoms with Gasteiger partial charge in [0.05, 0.1) is 4.90 Å². The van der Waals surface area contributed by atoms with E-state index in [0.29, 0.717) is 24.9 Å². The minimum Gasteiger partial charge on any atom is -0.316 e. The quantitative estimate of drug-likeness (QED) is 0.812. The van der Waals surface area contributed by atoms with Crippen LogP contribution in [0.4, 0.5) is 4.39 Å². The molecule has 0 unspecified atom stereocenters. The summed E-state index contributed by atoms with van der Waals surface area (Å²) in [6.45, 7) is 5.74. The molecule has 0 aromatic heterocycles. The molecule has 0 fully saturated rings. The zero-order valence-electron chi connectivity index (χ0n) is 12.5. The van der Waals surface area contributed by atoms with Crippen LogP contribution >= 0.6 is 0 Å². The van der Waals surface area contributed by atoms with Crippen molar-refractivity contribution in [2.24, 2.45) is 0 Å². The summed E-state index contributed by atoms with van der Waals surface area (Å²) in [7, 11) is -1.96.